The molecule has 0 bridgehead atoms. The number of benzene rings is 1. The second-order valence-corrected chi connectivity index (χ2v) is 4.24. The molecule has 0 spiro atoms. The zero-order valence-corrected chi connectivity index (χ0v) is 12.2. The highest BCUT2D eigenvalue weighted by Gasteiger charge is 2.14. The molecule has 0 aliphatic carbocycles. The van der Waals surface area contributed by atoms with Gasteiger partial charge < -0.3 is 24.8 Å². The smallest absolute Gasteiger partial charge is 0.340 e. The van der Waals surface area contributed by atoms with Crippen LogP contribution in [0, 0.1) is 0 Å². The van der Waals surface area contributed by atoms with Crippen LogP contribution in [0.3, 0.4) is 0 Å². The van der Waals surface area contributed by atoms with E-state index in [0.717, 1.165) is 5.69 Å². The number of nitrogens with zero attached hydrogens (tertiary/aromatic N) is 1. The number of hydrogen-bond donors (Lipinski definition) is 1. The number of hydrogen-bond acceptors (Lipinski definition) is 6. The Hall–Kier alpha value is -1.79. The van der Waals surface area contributed by atoms with Crippen molar-refractivity contribution in [2.75, 3.05) is 58.3 Å². The number of rotatable bonds is 8. The third-order valence-corrected chi connectivity index (χ3v) is 2.94. The minimum Gasteiger partial charge on any atom is -0.465 e. The molecule has 0 radical (unpaired) electrons. The molecule has 0 saturated heterocycles. The minimum absolute atomic E-state index is 0.366. The van der Waals surface area contributed by atoms with E-state index in [1.54, 1.807) is 26.4 Å². The van der Waals surface area contributed by atoms with Crippen LogP contribution in [-0.4, -0.2) is 53.6 Å². The lowest BCUT2D eigenvalue weighted by Gasteiger charge is -2.25. The highest BCUT2D eigenvalue weighted by Crippen LogP contribution is 2.22. The monoisotopic (exact) mass is 282 g/mol. The second kappa shape index (κ2) is 8.39. The fourth-order valence-electron chi connectivity index (χ4n) is 1.80. The Balaban J connectivity index is 2.97. The molecule has 0 heterocycles. The van der Waals surface area contributed by atoms with Gasteiger partial charge in [0.25, 0.3) is 0 Å². The number of nitrogen functional groups attached to an aromatic ring is 1. The molecule has 0 fully saturated rings. The van der Waals surface area contributed by atoms with Crippen LogP contribution >= 0.6 is 0 Å². The summed E-state index contributed by atoms with van der Waals surface area (Å²) in [6, 6.07) is 5.30. The highest BCUT2D eigenvalue weighted by atomic mass is 16.5. The number of esters is 1. The van der Waals surface area contributed by atoms with Crippen LogP contribution in [0.5, 0.6) is 0 Å². The van der Waals surface area contributed by atoms with Gasteiger partial charge in [0.15, 0.2) is 0 Å². The number of methoxy groups -OCH3 is 3. The molecule has 2 N–H and O–H groups in total. The van der Waals surface area contributed by atoms with Crippen molar-refractivity contribution in [3.05, 3.63) is 23.8 Å². The number of ether oxygens (including phenoxy) is 3. The molecule has 1 aromatic rings. The van der Waals surface area contributed by atoms with Gasteiger partial charge in [-0.05, 0) is 18.2 Å². The van der Waals surface area contributed by atoms with Crippen molar-refractivity contribution in [3.63, 3.8) is 0 Å². The first-order valence-corrected chi connectivity index (χ1v) is 6.34. The Morgan fingerprint density at radius 2 is 1.75 bits per heavy atom. The van der Waals surface area contributed by atoms with E-state index in [9.17, 15) is 4.79 Å². The van der Waals surface area contributed by atoms with Crippen molar-refractivity contribution in [1.29, 1.82) is 0 Å². The molecule has 1 rings (SSSR count). The molecule has 0 atom stereocenters. The molecule has 1 aromatic carbocycles. The van der Waals surface area contributed by atoms with Gasteiger partial charge in [-0.2, -0.15) is 0 Å². The fraction of sp³-hybridized carbons (Fsp3) is 0.500. The summed E-state index contributed by atoms with van der Waals surface area (Å²) in [7, 11) is 4.64. The summed E-state index contributed by atoms with van der Waals surface area (Å²) in [5, 5.41) is 0. The normalized spacial score (nSPS) is 10.3. The Labute approximate surface area is 119 Å². The van der Waals surface area contributed by atoms with Crippen LogP contribution < -0.4 is 10.6 Å². The predicted octanol–water partition coefficient (Wildman–Crippen LogP) is 1.15. The molecule has 20 heavy (non-hydrogen) atoms. The molecular weight excluding hydrogens is 260 g/mol. The Bertz CT molecular complexity index is 429. The van der Waals surface area contributed by atoms with Crippen molar-refractivity contribution < 1.29 is 19.0 Å². The maximum atomic E-state index is 11.7. The van der Waals surface area contributed by atoms with Crippen molar-refractivity contribution in [1.82, 2.24) is 0 Å². The van der Waals surface area contributed by atoms with E-state index in [1.807, 2.05) is 6.07 Å². The van der Waals surface area contributed by atoms with Gasteiger partial charge in [0, 0.05) is 38.7 Å². The third kappa shape index (κ3) is 4.40. The average Bonchev–Trinajstić information content (AvgIpc) is 2.47. The van der Waals surface area contributed by atoms with E-state index in [-0.39, 0.29) is 0 Å². The molecule has 6 heteroatoms. The van der Waals surface area contributed by atoms with Gasteiger partial charge in [-0.25, -0.2) is 4.79 Å². The van der Waals surface area contributed by atoms with Crippen molar-refractivity contribution >= 4 is 17.3 Å². The van der Waals surface area contributed by atoms with Gasteiger partial charge in [-0.3, -0.25) is 0 Å². The molecule has 0 amide bonds. The van der Waals surface area contributed by atoms with Crippen LogP contribution in [-0.2, 0) is 14.2 Å². The van der Waals surface area contributed by atoms with Crippen LogP contribution in [0.1, 0.15) is 10.4 Å². The van der Waals surface area contributed by atoms with Crippen molar-refractivity contribution in [3.8, 4) is 0 Å². The molecule has 0 aliphatic rings. The maximum absolute atomic E-state index is 11.7. The van der Waals surface area contributed by atoms with E-state index >= 15 is 0 Å². The second-order valence-electron chi connectivity index (χ2n) is 4.24. The number of anilines is 2. The Morgan fingerprint density at radius 3 is 2.25 bits per heavy atom. The fourth-order valence-corrected chi connectivity index (χ4v) is 1.80. The summed E-state index contributed by atoms with van der Waals surface area (Å²) < 4.78 is 14.9. The van der Waals surface area contributed by atoms with Crippen LogP contribution in [0.4, 0.5) is 11.4 Å². The molecule has 0 aliphatic heterocycles. The number of carbonyl (C=O) groups excluding carboxylic acids is 1. The average molecular weight is 282 g/mol. The number of nitrogens with two attached hydrogens (primary N) is 1. The third-order valence-electron chi connectivity index (χ3n) is 2.94. The lowest BCUT2D eigenvalue weighted by molar-refractivity contribution is 0.0602. The standard InChI is InChI=1S/C14H22N2O4/c1-18-8-6-16(7-9-19-2)11-4-5-13(15)12(10-11)14(17)20-3/h4-5,10H,6-9,15H2,1-3H3. The van der Waals surface area contributed by atoms with E-state index in [0.29, 0.717) is 37.6 Å². The van der Waals surface area contributed by atoms with E-state index in [4.69, 9.17) is 19.9 Å². The minimum atomic E-state index is -0.442. The maximum Gasteiger partial charge on any atom is 0.340 e. The van der Waals surface area contributed by atoms with Crippen molar-refractivity contribution in [2.45, 2.75) is 0 Å². The Morgan fingerprint density at radius 1 is 1.15 bits per heavy atom. The van der Waals surface area contributed by atoms with E-state index < -0.39 is 5.97 Å². The van der Waals surface area contributed by atoms with Crippen LogP contribution in [0.15, 0.2) is 18.2 Å². The molecule has 0 saturated carbocycles. The van der Waals surface area contributed by atoms with Gasteiger partial charge in [0.1, 0.15) is 0 Å². The zero-order valence-electron chi connectivity index (χ0n) is 12.2. The first-order chi connectivity index (χ1) is 9.63. The topological polar surface area (TPSA) is 74.0 Å². The van der Waals surface area contributed by atoms with Gasteiger partial charge >= 0.3 is 5.97 Å². The highest BCUT2D eigenvalue weighted by molar-refractivity contribution is 5.96. The number of carbonyl (C=O) groups is 1. The largest absolute Gasteiger partial charge is 0.465 e. The summed E-state index contributed by atoms with van der Waals surface area (Å²) in [4.78, 5) is 13.7. The van der Waals surface area contributed by atoms with Gasteiger partial charge in [-0.1, -0.05) is 0 Å². The van der Waals surface area contributed by atoms with Gasteiger partial charge in [0.05, 0.1) is 25.9 Å². The predicted molar refractivity (Wildman–Crippen MR) is 78.2 cm³/mol. The molecule has 0 unspecified atom stereocenters. The molecule has 0 aromatic heterocycles. The summed E-state index contributed by atoms with van der Waals surface area (Å²) >= 11 is 0. The SMILES string of the molecule is COCCN(CCOC)c1ccc(N)c(C(=O)OC)c1. The van der Waals surface area contributed by atoms with Gasteiger partial charge in [-0.15, -0.1) is 0 Å². The summed E-state index contributed by atoms with van der Waals surface area (Å²) in [5.41, 5.74) is 7.45. The lowest BCUT2D eigenvalue weighted by atomic mass is 10.1. The van der Waals surface area contributed by atoms with Gasteiger partial charge in [0.2, 0.25) is 0 Å². The summed E-state index contributed by atoms with van der Waals surface area (Å²) in [5.74, 6) is -0.442. The Kier molecular flexibility index (Phi) is 6.83. The molecule has 112 valence electrons. The first-order valence-electron chi connectivity index (χ1n) is 6.34. The lowest BCUT2D eigenvalue weighted by Crippen LogP contribution is -2.30. The molecule has 6 nitrogen and oxygen atoms in total. The van der Waals surface area contributed by atoms with E-state index in [2.05, 4.69) is 4.90 Å². The summed E-state index contributed by atoms with van der Waals surface area (Å²) in [6.07, 6.45) is 0. The first kappa shape index (κ1) is 16.3. The van der Waals surface area contributed by atoms with E-state index in [1.165, 1.54) is 7.11 Å². The van der Waals surface area contributed by atoms with Crippen LogP contribution in [0.25, 0.3) is 0 Å². The molecular formula is C14H22N2O4. The van der Waals surface area contributed by atoms with Crippen molar-refractivity contribution in [2.24, 2.45) is 0 Å². The van der Waals surface area contributed by atoms with Crippen LogP contribution in [0.2, 0.25) is 0 Å². The quantitative estimate of drug-likeness (QED) is 0.569. The zero-order chi connectivity index (χ0) is 15.0. The summed E-state index contributed by atoms with van der Waals surface area (Å²) in [6.45, 7) is 2.57.